The molecule has 0 radical (unpaired) electrons. The van der Waals surface area contributed by atoms with Crippen LogP contribution in [0.15, 0.2) is 0 Å². The maximum Gasteiger partial charge on any atom is 0.323 e. The number of alkyl halides is 4. The molecule has 1 N–H and O–H groups in total. The third kappa shape index (κ3) is 4.61. The zero-order valence-electron chi connectivity index (χ0n) is 6.01. The van der Waals surface area contributed by atoms with Crippen LogP contribution in [0.2, 0.25) is 0 Å². The number of hydrogen-bond donors (Lipinski definition) is 1. The minimum absolute atomic E-state index is 0.230. The highest BCUT2D eigenvalue weighted by Crippen LogP contribution is 2.19. The van der Waals surface area contributed by atoms with Gasteiger partial charge in [0.2, 0.25) is 0 Å². The summed E-state index contributed by atoms with van der Waals surface area (Å²) in [7, 11) is 0. The lowest BCUT2D eigenvalue weighted by molar-refractivity contribution is -0.136. The zero-order valence-corrected chi connectivity index (χ0v) is 9.04. The summed E-state index contributed by atoms with van der Waals surface area (Å²) in [6.45, 7) is 0. The van der Waals surface area contributed by atoms with Gasteiger partial charge in [0.1, 0.15) is 5.38 Å². The molecule has 0 aliphatic rings. The Morgan fingerprint density at radius 2 is 1.83 bits per heavy atom. The van der Waals surface area contributed by atoms with Crippen LogP contribution in [0, 0.1) is 0 Å². The van der Waals surface area contributed by atoms with Gasteiger partial charge in [0.15, 0.2) is 0 Å². The van der Waals surface area contributed by atoms with E-state index in [9.17, 15) is 4.79 Å². The fourth-order valence-corrected chi connectivity index (χ4v) is 1.42. The minimum Gasteiger partial charge on any atom is -0.480 e. The normalized spacial score (nSPS) is 18.3. The van der Waals surface area contributed by atoms with Crippen LogP contribution in [-0.4, -0.2) is 33.1 Å². The second-order valence-electron chi connectivity index (χ2n) is 2.24. The highest BCUT2D eigenvalue weighted by molar-refractivity contribution is 6.37. The van der Waals surface area contributed by atoms with E-state index in [1.807, 2.05) is 0 Å². The SMILES string of the molecule is O=C(O)C(Cl)C(Cl)CC(Cl)CCl. The van der Waals surface area contributed by atoms with Crippen LogP contribution in [0.25, 0.3) is 0 Å². The smallest absolute Gasteiger partial charge is 0.323 e. The molecule has 0 spiro atoms. The molecule has 0 aliphatic carbocycles. The molecule has 12 heavy (non-hydrogen) atoms. The molecule has 0 rings (SSSR count). The van der Waals surface area contributed by atoms with Crippen molar-refractivity contribution in [3.8, 4) is 0 Å². The minimum atomic E-state index is -1.14. The van der Waals surface area contributed by atoms with Gasteiger partial charge in [0.05, 0.1) is 5.38 Å². The summed E-state index contributed by atoms with van der Waals surface area (Å²) in [4.78, 5) is 10.3. The molecule has 0 heterocycles. The van der Waals surface area contributed by atoms with E-state index in [1.54, 1.807) is 0 Å². The van der Waals surface area contributed by atoms with Crippen LogP contribution < -0.4 is 0 Å². The van der Waals surface area contributed by atoms with Gasteiger partial charge in [-0.05, 0) is 6.42 Å². The Morgan fingerprint density at radius 1 is 1.33 bits per heavy atom. The zero-order chi connectivity index (χ0) is 9.72. The highest BCUT2D eigenvalue weighted by Gasteiger charge is 2.25. The van der Waals surface area contributed by atoms with E-state index in [0.717, 1.165) is 0 Å². The molecule has 3 atom stereocenters. The molecular weight excluding hydrogens is 246 g/mol. The Hall–Kier alpha value is 0.630. The van der Waals surface area contributed by atoms with Crippen LogP contribution in [0.1, 0.15) is 6.42 Å². The molecule has 0 amide bonds. The third-order valence-corrected chi connectivity index (χ3v) is 3.11. The molecule has 0 bridgehead atoms. The van der Waals surface area contributed by atoms with Crippen LogP contribution in [-0.2, 0) is 4.79 Å². The monoisotopic (exact) mass is 252 g/mol. The largest absolute Gasteiger partial charge is 0.480 e. The molecule has 0 aliphatic heterocycles. The molecule has 0 aromatic rings. The van der Waals surface area contributed by atoms with E-state index in [0.29, 0.717) is 0 Å². The first kappa shape index (κ1) is 12.6. The second-order valence-corrected chi connectivity index (χ2v) is 4.20. The number of carbonyl (C=O) groups is 1. The molecule has 0 aromatic heterocycles. The maximum atomic E-state index is 10.3. The van der Waals surface area contributed by atoms with Crippen molar-refractivity contribution in [2.24, 2.45) is 0 Å². The van der Waals surface area contributed by atoms with Crippen molar-refractivity contribution in [1.82, 2.24) is 0 Å². The van der Waals surface area contributed by atoms with Gasteiger partial charge < -0.3 is 5.11 Å². The first-order valence-corrected chi connectivity index (χ1v) is 5.04. The highest BCUT2D eigenvalue weighted by atomic mass is 35.5. The Labute approximate surface area is 90.7 Å². The molecule has 6 heteroatoms. The number of halogens is 4. The van der Waals surface area contributed by atoms with Gasteiger partial charge in [-0.15, -0.1) is 46.4 Å². The Kier molecular flexibility index (Phi) is 6.46. The Balaban J connectivity index is 3.86. The van der Waals surface area contributed by atoms with E-state index in [4.69, 9.17) is 51.5 Å². The molecule has 72 valence electrons. The number of hydrogen-bond acceptors (Lipinski definition) is 1. The van der Waals surface area contributed by atoms with Gasteiger partial charge in [-0.3, -0.25) is 4.79 Å². The van der Waals surface area contributed by atoms with Crippen LogP contribution >= 0.6 is 46.4 Å². The molecule has 2 nitrogen and oxygen atoms in total. The van der Waals surface area contributed by atoms with Crippen LogP contribution in [0.4, 0.5) is 0 Å². The summed E-state index contributed by atoms with van der Waals surface area (Å²) >= 11 is 22.1. The average molecular weight is 254 g/mol. The lowest BCUT2D eigenvalue weighted by atomic mass is 10.2. The number of rotatable bonds is 5. The Bertz CT molecular complexity index is 152. The van der Waals surface area contributed by atoms with E-state index in [1.165, 1.54) is 0 Å². The predicted octanol–water partition coefficient (Wildman–Crippen LogP) is 2.52. The van der Waals surface area contributed by atoms with Gasteiger partial charge in [-0.2, -0.15) is 0 Å². The molecule has 0 saturated heterocycles. The fourth-order valence-electron chi connectivity index (χ4n) is 0.582. The molecule has 0 fully saturated rings. The number of carboxylic acids is 1. The fraction of sp³-hybridized carbons (Fsp3) is 0.833. The van der Waals surface area contributed by atoms with Crippen LogP contribution in [0.5, 0.6) is 0 Å². The van der Waals surface area contributed by atoms with Crippen molar-refractivity contribution < 1.29 is 9.90 Å². The number of carboxylic acid groups (broad SMARTS) is 1. The van der Waals surface area contributed by atoms with Crippen molar-refractivity contribution in [2.75, 3.05) is 5.88 Å². The summed E-state index contributed by atoms with van der Waals surface area (Å²) in [6, 6.07) is 0. The lowest BCUT2D eigenvalue weighted by Crippen LogP contribution is -2.27. The summed E-state index contributed by atoms with van der Waals surface area (Å²) in [5.74, 6) is -0.913. The average Bonchev–Trinajstić information content (AvgIpc) is 2.02. The first-order chi connectivity index (χ1) is 5.49. The molecular formula is C6H8Cl4O2. The van der Waals surface area contributed by atoms with Crippen molar-refractivity contribution >= 4 is 52.4 Å². The van der Waals surface area contributed by atoms with Crippen molar-refractivity contribution in [1.29, 1.82) is 0 Å². The summed E-state index contributed by atoms with van der Waals surface area (Å²) in [6.07, 6.45) is 0.285. The van der Waals surface area contributed by atoms with E-state index in [2.05, 4.69) is 0 Å². The van der Waals surface area contributed by atoms with E-state index >= 15 is 0 Å². The summed E-state index contributed by atoms with van der Waals surface area (Å²) in [5, 5.41) is 6.30. The predicted molar refractivity (Wildman–Crippen MR) is 51.9 cm³/mol. The van der Waals surface area contributed by atoms with Crippen molar-refractivity contribution in [2.45, 2.75) is 22.6 Å². The van der Waals surface area contributed by atoms with Gasteiger partial charge in [-0.25, -0.2) is 0 Å². The first-order valence-electron chi connectivity index (χ1n) is 3.20. The van der Waals surface area contributed by atoms with Crippen LogP contribution in [0.3, 0.4) is 0 Å². The molecule has 0 aromatic carbocycles. The second kappa shape index (κ2) is 6.14. The number of aliphatic carboxylic acids is 1. The summed E-state index contributed by atoms with van der Waals surface area (Å²) < 4.78 is 0. The van der Waals surface area contributed by atoms with Gasteiger partial charge in [0, 0.05) is 11.3 Å². The van der Waals surface area contributed by atoms with Gasteiger partial charge in [-0.1, -0.05) is 0 Å². The van der Waals surface area contributed by atoms with Gasteiger partial charge in [0.25, 0.3) is 0 Å². The maximum absolute atomic E-state index is 10.3. The quantitative estimate of drug-likeness (QED) is 0.765. The lowest BCUT2D eigenvalue weighted by Gasteiger charge is -2.13. The topological polar surface area (TPSA) is 37.3 Å². The van der Waals surface area contributed by atoms with Crippen molar-refractivity contribution in [3.05, 3.63) is 0 Å². The van der Waals surface area contributed by atoms with E-state index < -0.39 is 16.7 Å². The van der Waals surface area contributed by atoms with E-state index in [-0.39, 0.29) is 17.7 Å². The molecule has 3 unspecified atom stereocenters. The van der Waals surface area contributed by atoms with Gasteiger partial charge >= 0.3 is 5.97 Å². The Morgan fingerprint density at radius 3 is 2.17 bits per heavy atom. The third-order valence-electron chi connectivity index (χ3n) is 1.20. The summed E-state index contributed by atoms with van der Waals surface area (Å²) in [5.41, 5.74) is 0. The molecule has 0 saturated carbocycles. The standard InChI is InChI=1S/C6H8Cl4O2/c7-2-3(8)1-4(9)5(10)6(11)12/h3-5H,1-2H2,(H,11,12). The van der Waals surface area contributed by atoms with Crippen molar-refractivity contribution in [3.63, 3.8) is 0 Å².